The number of nitrogens with zero attached hydrogens (tertiary/aromatic N) is 1. The van der Waals surface area contributed by atoms with Crippen molar-refractivity contribution in [2.24, 2.45) is 0 Å². The molecule has 2 atom stereocenters. The van der Waals surface area contributed by atoms with E-state index in [4.69, 9.17) is 0 Å². The molecule has 0 spiro atoms. The predicted octanol–water partition coefficient (Wildman–Crippen LogP) is 4.27. The third-order valence-electron chi connectivity index (χ3n) is 4.34. The van der Waals surface area contributed by atoms with Gasteiger partial charge in [-0.15, -0.1) is 0 Å². The highest BCUT2D eigenvalue weighted by Gasteiger charge is 2.20. The van der Waals surface area contributed by atoms with E-state index in [9.17, 15) is 4.39 Å². The highest BCUT2D eigenvalue weighted by molar-refractivity contribution is 5.50. The molecule has 112 valence electrons. The Bertz CT molecular complexity index is 433. The average Bonchev–Trinajstić information content (AvgIpc) is 2.64. The van der Waals surface area contributed by atoms with Gasteiger partial charge in [-0.25, -0.2) is 4.39 Å². The molecular formula is C17H27FN2. The Kier molecular flexibility index (Phi) is 5.41. The molecule has 0 aromatic heterocycles. The maximum Gasteiger partial charge on any atom is 0.146 e. The Hall–Kier alpha value is -1.09. The normalized spacial score (nSPS) is 21.6. The van der Waals surface area contributed by atoms with Crippen LogP contribution in [0.4, 0.5) is 10.1 Å². The number of hydrogen-bond donors (Lipinski definition) is 1. The molecule has 1 fully saturated rings. The van der Waals surface area contributed by atoms with Crippen LogP contribution in [-0.4, -0.2) is 19.1 Å². The van der Waals surface area contributed by atoms with Gasteiger partial charge in [-0.05, 0) is 50.9 Å². The van der Waals surface area contributed by atoms with Crippen molar-refractivity contribution < 1.29 is 4.39 Å². The lowest BCUT2D eigenvalue weighted by Crippen LogP contribution is -2.33. The largest absolute Gasteiger partial charge is 0.366 e. The number of benzene rings is 1. The van der Waals surface area contributed by atoms with E-state index in [2.05, 4.69) is 37.1 Å². The predicted molar refractivity (Wildman–Crippen MR) is 83.8 cm³/mol. The van der Waals surface area contributed by atoms with E-state index in [0.717, 1.165) is 30.8 Å². The van der Waals surface area contributed by atoms with Crippen molar-refractivity contribution in [3.8, 4) is 0 Å². The summed E-state index contributed by atoms with van der Waals surface area (Å²) in [7, 11) is 0. The van der Waals surface area contributed by atoms with Crippen LogP contribution in [0.15, 0.2) is 18.2 Å². The summed E-state index contributed by atoms with van der Waals surface area (Å²) in [5.41, 5.74) is 1.79. The Labute approximate surface area is 122 Å². The van der Waals surface area contributed by atoms with Gasteiger partial charge in [0.1, 0.15) is 5.82 Å². The fourth-order valence-electron chi connectivity index (χ4n) is 3.08. The maximum absolute atomic E-state index is 14.5. The van der Waals surface area contributed by atoms with Gasteiger partial charge in [0.15, 0.2) is 0 Å². The van der Waals surface area contributed by atoms with Crippen LogP contribution in [0.25, 0.3) is 0 Å². The number of hydrogen-bond acceptors (Lipinski definition) is 2. The maximum atomic E-state index is 14.5. The fourth-order valence-corrected chi connectivity index (χ4v) is 3.08. The van der Waals surface area contributed by atoms with Gasteiger partial charge in [0.25, 0.3) is 0 Å². The van der Waals surface area contributed by atoms with Crippen LogP contribution < -0.4 is 10.2 Å². The molecule has 1 N–H and O–H groups in total. The van der Waals surface area contributed by atoms with Crippen LogP contribution in [-0.2, 0) is 0 Å². The monoisotopic (exact) mass is 278 g/mol. The Morgan fingerprint density at radius 3 is 2.85 bits per heavy atom. The van der Waals surface area contributed by atoms with Gasteiger partial charge in [0.05, 0.1) is 5.69 Å². The minimum atomic E-state index is -0.0824. The van der Waals surface area contributed by atoms with E-state index in [0.29, 0.717) is 6.04 Å². The van der Waals surface area contributed by atoms with Gasteiger partial charge in [0, 0.05) is 18.6 Å². The lowest BCUT2D eigenvalue weighted by atomic mass is 10.1. The van der Waals surface area contributed by atoms with E-state index in [1.54, 1.807) is 6.07 Å². The van der Waals surface area contributed by atoms with Crippen molar-refractivity contribution in [1.29, 1.82) is 0 Å². The minimum Gasteiger partial charge on any atom is -0.366 e. The number of rotatable bonds is 4. The molecule has 20 heavy (non-hydrogen) atoms. The highest BCUT2D eigenvalue weighted by Crippen LogP contribution is 2.28. The quantitative estimate of drug-likeness (QED) is 0.885. The second kappa shape index (κ2) is 7.07. The molecule has 0 bridgehead atoms. The molecule has 3 heteroatoms. The summed E-state index contributed by atoms with van der Waals surface area (Å²) in [6, 6.07) is 6.35. The van der Waals surface area contributed by atoms with Crippen LogP contribution in [0.2, 0.25) is 0 Å². The van der Waals surface area contributed by atoms with Crippen LogP contribution in [0.3, 0.4) is 0 Å². The van der Waals surface area contributed by atoms with Gasteiger partial charge in [-0.3, -0.25) is 0 Å². The Morgan fingerprint density at radius 1 is 1.35 bits per heavy atom. The topological polar surface area (TPSA) is 15.3 Å². The Balaban J connectivity index is 2.20. The van der Waals surface area contributed by atoms with Crippen molar-refractivity contribution in [1.82, 2.24) is 5.32 Å². The molecule has 1 saturated heterocycles. The van der Waals surface area contributed by atoms with Gasteiger partial charge in [-0.2, -0.15) is 0 Å². The van der Waals surface area contributed by atoms with E-state index >= 15 is 0 Å². The van der Waals surface area contributed by atoms with Crippen molar-refractivity contribution in [2.45, 2.75) is 58.5 Å². The summed E-state index contributed by atoms with van der Waals surface area (Å²) in [4.78, 5) is 2.24. The van der Waals surface area contributed by atoms with Gasteiger partial charge < -0.3 is 10.2 Å². The molecule has 0 aliphatic carbocycles. The second-order valence-electron chi connectivity index (χ2n) is 5.88. The van der Waals surface area contributed by atoms with Gasteiger partial charge in [0.2, 0.25) is 0 Å². The molecule has 2 unspecified atom stereocenters. The molecular weight excluding hydrogens is 251 g/mol. The lowest BCUT2D eigenvalue weighted by molar-refractivity contribution is 0.567. The summed E-state index contributed by atoms with van der Waals surface area (Å²) in [6.07, 6.45) is 4.85. The van der Waals surface area contributed by atoms with E-state index < -0.39 is 0 Å². The second-order valence-corrected chi connectivity index (χ2v) is 5.88. The molecule has 0 radical (unpaired) electrons. The summed E-state index contributed by atoms with van der Waals surface area (Å²) in [5.74, 6) is -0.0824. The molecule has 1 aromatic rings. The first-order chi connectivity index (χ1) is 9.63. The van der Waals surface area contributed by atoms with Crippen molar-refractivity contribution >= 4 is 5.69 Å². The van der Waals surface area contributed by atoms with Crippen molar-refractivity contribution in [3.63, 3.8) is 0 Å². The van der Waals surface area contributed by atoms with Crippen LogP contribution in [0.1, 0.15) is 58.1 Å². The van der Waals surface area contributed by atoms with Crippen molar-refractivity contribution in [2.75, 3.05) is 18.0 Å². The fraction of sp³-hybridized carbons (Fsp3) is 0.647. The molecule has 1 aromatic carbocycles. The summed E-state index contributed by atoms with van der Waals surface area (Å²) >= 11 is 0. The average molecular weight is 278 g/mol. The first-order valence-electron chi connectivity index (χ1n) is 7.93. The standard InChI is InChI=1S/C17H27FN2/c1-4-19-14(3)15-9-10-17(16(18)12-15)20-11-7-5-6-8-13(20)2/h9-10,12-14,19H,4-8,11H2,1-3H3. The molecule has 2 rings (SSSR count). The number of anilines is 1. The van der Waals surface area contributed by atoms with E-state index in [1.807, 2.05) is 6.07 Å². The number of halogens is 1. The number of nitrogens with one attached hydrogen (secondary N) is 1. The SMILES string of the molecule is CCNC(C)c1ccc(N2CCCCCC2C)c(F)c1. The lowest BCUT2D eigenvalue weighted by Gasteiger charge is -2.30. The van der Waals surface area contributed by atoms with E-state index in [1.165, 1.54) is 19.3 Å². The molecule has 1 aliphatic heterocycles. The first kappa shape index (κ1) is 15.3. The van der Waals surface area contributed by atoms with Crippen LogP contribution in [0, 0.1) is 5.82 Å². The highest BCUT2D eigenvalue weighted by atomic mass is 19.1. The van der Waals surface area contributed by atoms with Crippen LogP contribution >= 0.6 is 0 Å². The zero-order chi connectivity index (χ0) is 14.5. The zero-order valence-electron chi connectivity index (χ0n) is 13.0. The van der Waals surface area contributed by atoms with Crippen molar-refractivity contribution in [3.05, 3.63) is 29.6 Å². The third-order valence-corrected chi connectivity index (χ3v) is 4.34. The smallest absolute Gasteiger partial charge is 0.146 e. The van der Waals surface area contributed by atoms with E-state index in [-0.39, 0.29) is 11.9 Å². The third kappa shape index (κ3) is 3.51. The minimum absolute atomic E-state index is 0.0824. The summed E-state index contributed by atoms with van der Waals surface area (Å²) < 4.78 is 14.5. The van der Waals surface area contributed by atoms with Gasteiger partial charge in [-0.1, -0.05) is 25.8 Å². The molecule has 2 nitrogen and oxygen atoms in total. The molecule has 1 aliphatic rings. The van der Waals surface area contributed by atoms with Crippen LogP contribution in [0.5, 0.6) is 0 Å². The summed E-state index contributed by atoms with van der Waals surface area (Å²) in [6.45, 7) is 8.22. The molecule has 0 amide bonds. The Morgan fingerprint density at radius 2 is 2.15 bits per heavy atom. The molecule has 1 heterocycles. The first-order valence-corrected chi connectivity index (χ1v) is 7.93. The molecule has 0 saturated carbocycles. The zero-order valence-corrected chi connectivity index (χ0v) is 13.0. The van der Waals surface area contributed by atoms with Gasteiger partial charge >= 0.3 is 0 Å². The summed E-state index contributed by atoms with van der Waals surface area (Å²) in [5, 5.41) is 3.33.